The molecule has 2 rings (SSSR count). The lowest BCUT2D eigenvalue weighted by atomic mass is 10.3. The number of aliphatic hydroxyl groups is 2. The third kappa shape index (κ3) is 2.32. The average molecular weight is 273 g/mol. The number of nitrogens with zero attached hydrogens (tertiary/aromatic N) is 2. The maximum atomic E-state index is 12.2. The molecule has 1 saturated heterocycles. The highest BCUT2D eigenvalue weighted by molar-refractivity contribution is 7.89. The molecule has 2 atom stereocenters. The van der Waals surface area contributed by atoms with Gasteiger partial charge in [0.05, 0.1) is 12.2 Å². The number of sulfonamides is 1. The van der Waals surface area contributed by atoms with E-state index < -0.39 is 22.2 Å². The smallest absolute Gasteiger partial charge is 0.244 e. The fraction of sp³-hybridized carbons (Fsp3) is 0.500. The standard InChI is InChI=1S/C10H15N3O4S/c1-11-10-3-2-7(4-12-10)18(16,17)13-5-8(14)9(15)6-13/h2-4,8-9,14-15H,5-6H2,1H3,(H,11,12). The Hall–Kier alpha value is -1.22. The van der Waals surface area contributed by atoms with Gasteiger partial charge in [-0.05, 0) is 12.1 Å². The molecule has 0 aliphatic carbocycles. The zero-order chi connectivity index (χ0) is 13.3. The lowest BCUT2D eigenvalue weighted by molar-refractivity contribution is 0.0572. The van der Waals surface area contributed by atoms with Crippen LogP contribution < -0.4 is 5.32 Å². The number of pyridine rings is 1. The van der Waals surface area contributed by atoms with E-state index in [9.17, 15) is 18.6 Å². The Morgan fingerprint density at radius 2 is 1.94 bits per heavy atom. The van der Waals surface area contributed by atoms with Gasteiger partial charge in [-0.2, -0.15) is 4.31 Å². The summed E-state index contributed by atoms with van der Waals surface area (Å²) in [7, 11) is -2.02. The quantitative estimate of drug-likeness (QED) is 0.642. The largest absolute Gasteiger partial charge is 0.389 e. The van der Waals surface area contributed by atoms with Crippen molar-refractivity contribution in [2.75, 3.05) is 25.5 Å². The Labute approximate surface area is 105 Å². The number of hydrogen-bond donors (Lipinski definition) is 3. The molecule has 18 heavy (non-hydrogen) atoms. The van der Waals surface area contributed by atoms with Crippen molar-refractivity contribution >= 4 is 15.8 Å². The molecule has 0 radical (unpaired) electrons. The maximum Gasteiger partial charge on any atom is 0.244 e. The molecule has 1 aromatic rings. The summed E-state index contributed by atoms with van der Waals surface area (Å²) < 4.78 is 25.4. The van der Waals surface area contributed by atoms with Gasteiger partial charge < -0.3 is 15.5 Å². The molecule has 0 saturated carbocycles. The number of nitrogens with one attached hydrogen (secondary N) is 1. The van der Waals surface area contributed by atoms with Crippen molar-refractivity contribution in [3.05, 3.63) is 18.3 Å². The van der Waals surface area contributed by atoms with Gasteiger partial charge >= 0.3 is 0 Å². The summed E-state index contributed by atoms with van der Waals surface area (Å²) in [6.07, 6.45) is -0.827. The highest BCUT2D eigenvalue weighted by Gasteiger charge is 2.37. The van der Waals surface area contributed by atoms with Gasteiger partial charge in [-0.1, -0.05) is 0 Å². The van der Waals surface area contributed by atoms with E-state index in [0.29, 0.717) is 5.82 Å². The minimum Gasteiger partial charge on any atom is -0.389 e. The van der Waals surface area contributed by atoms with Gasteiger partial charge in [-0.25, -0.2) is 13.4 Å². The van der Waals surface area contributed by atoms with Crippen LogP contribution in [0.25, 0.3) is 0 Å². The van der Waals surface area contributed by atoms with Crippen LogP contribution in [0.5, 0.6) is 0 Å². The minimum absolute atomic E-state index is 0.0443. The highest BCUT2D eigenvalue weighted by Crippen LogP contribution is 2.21. The summed E-state index contributed by atoms with van der Waals surface area (Å²) in [5.74, 6) is 0.565. The normalized spacial score (nSPS) is 25.3. The first-order chi connectivity index (χ1) is 8.45. The van der Waals surface area contributed by atoms with Crippen molar-refractivity contribution in [3.8, 4) is 0 Å². The van der Waals surface area contributed by atoms with Crippen LogP contribution in [0, 0.1) is 0 Å². The Kier molecular flexibility index (Phi) is 3.53. The van der Waals surface area contributed by atoms with E-state index in [0.717, 1.165) is 4.31 Å². The van der Waals surface area contributed by atoms with Crippen LogP contribution in [0.3, 0.4) is 0 Å². The number of aromatic nitrogens is 1. The first-order valence-electron chi connectivity index (χ1n) is 5.45. The Balaban J connectivity index is 2.25. The van der Waals surface area contributed by atoms with E-state index in [1.54, 1.807) is 13.1 Å². The van der Waals surface area contributed by atoms with E-state index in [-0.39, 0.29) is 18.0 Å². The summed E-state index contributed by atoms with van der Waals surface area (Å²) in [5.41, 5.74) is 0. The zero-order valence-electron chi connectivity index (χ0n) is 9.81. The Morgan fingerprint density at radius 1 is 1.33 bits per heavy atom. The molecule has 3 N–H and O–H groups in total. The zero-order valence-corrected chi connectivity index (χ0v) is 10.6. The van der Waals surface area contributed by atoms with Gasteiger partial charge in [0.1, 0.15) is 10.7 Å². The Morgan fingerprint density at radius 3 is 2.39 bits per heavy atom. The molecule has 8 heteroatoms. The number of anilines is 1. The molecular weight excluding hydrogens is 258 g/mol. The van der Waals surface area contributed by atoms with Gasteiger partial charge in [-0.3, -0.25) is 0 Å². The van der Waals surface area contributed by atoms with Crippen LogP contribution in [0.15, 0.2) is 23.2 Å². The van der Waals surface area contributed by atoms with E-state index in [1.807, 2.05) is 0 Å². The summed E-state index contributed by atoms with van der Waals surface area (Å²) in [6, 6.07) is 2.99. The van der Waals surface area contributed by atoms with Crippen molar-refractivity contribution < 1.29 is 18.6 Å². The van der Waals surface area contributed by atoms with Crippen LogP contribution in [-0.4, -0.2) is 60.3 Å². The molecule has 0 amide bonds. The SMILES string of the molecule is CNc1ccc(S(=O)(=O)N2CC(O)C(O)C2)cn1. The van der Waals surface area contributed by atoms with Gasteiger partial charge in [0.25, 0.3) is 0 Å². The van der Waals surface area contributed by atoms with Gasteiger partial charge in [0.2, 0.25) is 10.0 Å². The summed E-state index contributed by atoms with van der Waals surface area (Å²) in [6.45, 7) is -0.200. The number of hydrogen-bond acceptors (Lipinski definition) is 6. The van der Waals surface area contributed by atoms with Gasteiger partial charge in [0, 0.05) is 26.3 Å². The summed E-state index contributed by atoms with van der Waals surface area (Å²) in [4.78, 5) is 3.98. The second-order valence-electron chi connectivity index (χ2n) is 4.09. The van der Waals surface area contributed by atoms with Crippen molar-refractivity contribution in [1.82, 2.24) is 9.29 Å². The maximum absolute atomic E-state index is 12.2. The van der Waals surface area contributed by atoms with Crippen LogP contribution >= 0.6 is 0 Å². The summed E-state index contributed by atoms with van der Waals surface area (Å²) >= 11 is 0. The molecular formula is C10H15N3O4S. The third-order valence-electron chi connectivity index (χ3n) is 2.86. The molecule has 7 nitrogen and oxygen atoms in total. The number of aliphatic hydroxyl groups excluding tert-OH is 2. The van der Waals surface area contributed by atoms with Crippen molar-refractivity contribution in [1.29, 1.82) is 0 Å². The van der Waals surface area contributed by atoms with Gasteiger partial charge in [0.15, 0.2) is 0 Å². The third-order valence-corrected chi connectivity index (χ3v) is 4.67. The van der Waals surface area contributed by atoms with Crippen LogP contribution in [-0.2, 0) is 10.0 Å². The first kappa shape index (κ1) is 13.2. The number of rotatable bonds is 3. The van der Waals surface area contributed by atoms with E-state index in [4.69, 9.17) is 0 Å². The molecule has 2 unspecified atom stereocenters. The molecule has 0 bridgehead atoms. The van der Waals surface area contributed by atoms with Crippen molar-refractivity contribution in [2.45, 2.75) is 17.1 Å². The molecule has 1 aliphatic heterocycles. The first-order valence-corrected chi connectivity index (χ1v) is 6.89. The highest BCUT2D eigenvalue weighted by atomic mass is 32.2. The topological polar surface area (TPSA) is 103 Å². The number of β-amino-alcohol motifs (C(OH)–C–C–N with tert-alkyl or cyclic N) is 2. The fourth-order valence-electron chi connectivity index (χ4n) is 1.76. The van der Waals surface area contributed by atoms with E-state index in [1.165, 1.54) is 12.3 Å². The van der Waals surface area contributed by atoms with E-state index >= 15 is 0 Å². The molecule has 1 aromatic heterocycles. The summed E-state index contributed by atoms with van der Waals surface area (Å²) in [5, 5.41) is 21.5. The van der Waals surface area contributed by atoms with Crippen LogP contribution in [0.1, 0.15) is 0 Å². The predicted octanol–water partition coefficient (Wildman–Crippen LogP) is -1.15. The molecule has 1 fully saturated rings. The lowest BCUT2D eigenvalue weighted by Gasteiger charge is -2.15. The molecule has 0 aromatic carbocycles. The molecule has 2 heterocycles. The predicted molar refractivity (Wildman–Crippen MR) is 64.6 cm³/mol. The molecule has 1 aliphatic rings. The minimum atomic E-state index is -3.71. The second-order valence-corrected chi connectivity index (χ2v) is 6.02. The van der Waals surface area contributed by atoms with Crippen LogP contribution in [0.4, 0.5) is 5.82 Å². The van der Waals surface area contributed by atoms with Crippen molar-refractivity contribution in [3.63, 3.8) is 0 Å². The average Bonchev–Trinajstić information content (AvgIpc) is 2.70. The van der Waals surface area contributed by atoms with Gasteiger partial charge in [-0.15, -0.1) is 0 Å². The molecule has 0 spiro atoms. The lowest BCUT2D eigenvalue weighted by Crippen LogP contribution is -2.30. The molecule has 100 valence electrons. The Bertz CT molecular complexity index is 506. The monoisotopic (exact) mass is 273 g/mol. The second kappa shape index (κ2) is 4.81. The fourth-order valence-corrected chi connectivity index (χ4v) is 3.18. The van der Waals surface area contributed by atoms with E-state index in [2.05, 4.69) is 10.3 Å². The van der Waals surface area contributed by atoms with Crippen molar-refractivity contribution in [2.24, 2.45) is 0 Å². The van der Waals surface area contributed by atoms with Crippen LogP contribution in [0.2, 0.25) is 0 Å².